The first kappa shape index (κ1) is 11.6. The Morgan fingerprint density at radius 2 is 1.88 bits per heavy atom. The molecule has 0 aromatic heterocycles. The van der Waals surface area contributed by atoms with Crippen LogP contribution in [0.3, 0.4) is 0 Å². The molecule has 1 aliphatic heterocycles. The summed E-state index contributed by atoms with van der Waals surface area (Å²) in [6, 6.07) is 7.38. The van der Waals surface area contributed by atoms with Crippen molar-refractivity contribution in [2.24, 2.45) is 0 Å². The highest BCUT2D eigenvalue weighted by Gasteiger charge is 2.22. The summed E-state index contributed by atoms with van der Waals surface area (Å²) in [7, 11) is 0. The minimum atomic E-state index is -0.369. The van der Waals surface area contributed by atoms with Crippen molar-refractivity contribution in [3.8, 4) is 5.75 Å². The topological polar surface area (TPSA) is 46.6 Å². The number of para-hydroxylation sites is 1. The van der Waals surface area contributed by atoms with E-state index in [0.717, 1.165) is 5.56 Å². The number of ketones is 1. The fourth-order valence-electron chi connectivity index (χ4n) is 1.77. The van der Waals surface area contributed by atoms with Crippen molar-refractivity contribution in [3.63, 3.8) is 0 Å². The number of rotatable bonds is 1. The predicted molar refractivity (Wildman–Crippen MR) is 63.0 cm³/mol. The van der Waals surface area contributed by atoms with Gasteiger partial charge in [-0.1, -0.05) is 18.2 Å². The molecule has 2 rings (SSSR count). The first-order valence-electron chi connectivity index (χ1n) is 5.71. The first-order chi connectivity index (χ1) is 8.16. The Kier molecular flexibility index (Phi) is 3.42. The Balaban J connectivity index is 1.98. The zero-order valence-electron chi connectivity index (χ0n) is 9.81. The molecule has 0 bridgehead atoms. The maximum Gasteiger partial charge on any atom is 0.415 e. The molecule has 1 fully saturated rings. The third-order valence-electron chi connectivity index (χ3n) is 2.87. The van der Waals surface area contributed by atoms with Crippen LogP contribution in [0, 0.1) is 6.92 Å². The molecule has 0 aliphatic carbocycles. The number of carbonyl (C=O) groups excluding carboxylic acids is 2. The van der Waals surface area contributed by atoms with E-state index in [-0.39, 0.29) is 11.9 Å². The smallest absolute Gasteiger partial charge is 0.410 e. The van der Waals surface area contributed by atoms with Crippen molar-refractivity contribution in [1.29, 1.82) is 0 Å². The van der Waals surface area contributed by atoms with E-state index in [1.54, 1.807) is 11.0 Å². The Morgan fingerprint density at radius 1 is 1.24 bits per heavy atom. The molecule has 1 aromatic rings. The molecule has 0 spiro atoms. The van der Waals surface area contributed by atoms with Crippen molar-refractivity contribution >= 4 is 11.9 Å². The summed E-state index contributed by atoms with van der Waals surface area (Å²) in [5.41, 5.74) is 0.925. The highest BCUT2D eigenvalue weighted by atomic mass is 16.6. The normalized spacial score (nSPS) is 15.8. The summed E-state index contributed by atoms with van der Waals surface area (Å²) >= 11 is 0. The molecule has 1 heterocycles. The van der Waals surface area contributed by atoms with Crippen LogP contribution in [0.25, 0.3) is 0 Å². The van der Waals surface area contributed by atoms with Gasteiger partial charge in [0.1, 0.15) is 11.5 Å². The van der Waals surface area contributed by atoms with Crippen LogP contribution in [-0.2, 0) is 4.79 Å². The zero-order valence-corrected chi connectivity index (χ0v) is 9.81. The molecule has 17 heavy (non-hydrogen) atoms. The number of hydrogen-bond acceptors (Lipinski definition) is 3. The van der Waals surface area contributed by atoms with Crippen LogP contribution in [0.2, 0.25) is 0 Å². The maximum atomic E-state index is 11.8. The largest absolute Gasteiger partial charge is 0.415 e. The monoisotopic (exact) mass is 233 g/mol. The lowest BCUT2D eigenvalue weighted by molar-refractivity contribution is -0.121. The van der Waals surface area contributed by atoms with Gasteiger partial charge >= 0.3 is 6.09 Å². The third-order valence-corrected chi connectivity index (χ3v) is 2.87. The van der Waals surface area contributed by atoms with Crippen LogP contribution in [0.1, 0.15) is 18.4 Å². The SMILES string of the molecule is Cc1ccccc1OC(=O)N1CCC(=O)CC1. The zero-order chi connectivity index (χ0) is 12.3. The molecule has 0 saturated carbocycles. The van der Waals surface area contributed by atoms with Gasteiger partial charge in [-0.25, -0.2) is 4.79 Å². The van der Waals surface area contributed by atoms with E-state index in [0.29, 0.717) is 31.7 Å². The van der Waals surface area contributed by atoms with Crippen molar-refractivity contribution in [1.82, 2.24) is 4.90 Å². The molecule has 0 N–H and O–H groups in total. The molecule has 0 unspecified atom stereocenters. The van der Waals surface area contributed by atoms with E-state index < -0.39 is 0 Å². The van der Waals surface area contributed by atoms with Gasteiger partial charge in [-0.3, -0.25) is 4.79 Å². The van der Waals surface area contributed by atoms with Gasteiger partial charge in [-0.15, -0.1) is 0 Å². The van der Waals surface area contributed by atoms with Crippen molar-refractivity contribution in [2.75, 3.05) is 13.1 Å². The van der Waals surface area contributed by atoms with Crippen LogP contribution in [0.15, 0.2) is 24.3 Å². The van der Waals surface area contributed by atoms with E-state index in [1.807, 2.05) is 25.1 Å². The highest BCUT2D eigenvalue weighted by Crippen LogP contribution is 2.18. The van der Waals surface area contributed by atoms with Crippen LogP contribution < -0.4 is 4.74 Å². The van der Waals surface area contributed by atoms with E-state index in [9.17, 15) is 9.59 Å². The van der Waals surface area contributed by atoms with E-state index >= 15 is 0 Å². The molecule has 90 valence electrons. The number of nitrogens with zero attached hydrogens (tertiary/aromatic N) is 1. The molecule has 1 saturated heterocycles. The minimum Gasteiger partial charge on any atom is -0.410 e. The number of ether oxygens (including phenoxy) is 1. The summed E-state index contributed by atoms with van der Waals surface area (Å²) in [6.45, 7) is 2.81. The molecule has 0 radical (unpaired) electrons. The summed E-state index contributed by atoms with van der Waals surface area (Å²) in [5.74, 6) is 0.791. The van der Waals surface area contributed by atoms with Gasteiger partial charge in [0.05, 0.1) is 0 Å². The lowest BCUT2D eigenvalue weighted by Crippen LogP contribution is -2.40. The molecule has 0 atom stereocenters. The molecular weight excluding hydrogens is 218 g/mol. The van der Waals surface area contributed by atoms with Gasteiger partial charge in [-0.2, -0.15) is 0 Å². The molecule has 1 aromatic carbocycles. The van der Waals surface area contributed by atoms with Crippen LogP contribution >= 0.6 is 0 Å². The first-order valence-corrected chi connectivity index (χ1v) is 5.71. The summed E-state index contributed by atoms with van der Waals surface area (Å²) in [4.78, 5) is 24.5. The quantitative estimate of drug-likeness (QED) is 0.746. The minimum absolute atomic E-state index is 0.213. The van der Waals surface area contributed by atoms with E-state index in [4.69, 9.17) is 4.74 Å². The number of piperidine rings is 1. The molecular formula is C13H15NO3. The number of likely N-dealkylation sites (tertiary alicyclic amines) is 1. The molecule has 1 amide bonds. The second-order valence-electron chi connectivity index (χ2n) is 4.16. The Morgan fingerprint density at radius 3 is 2.53 bits per heavy atom. The number of Topliss-reactive ketones (excluding diaryl/α,β-unsaturated/α-hetero) is 1. The van der Waals surface area contributed by atoms with Crippen LogP contribution in [0.4, 0.5) is 4.79 Å². The standard InChI is InChI=1S/C13H15NO3/c1-10-4-2-3-5-12(10)17-13(16)14-8-6-11(15)7-9-14/h2-5H,6-9H2,1H3. The summed E-state index contributed by atoms with van der Waals surface area (Å²) in [5, 5.41) is 0. The average Bonchev–Trinajstić information content (AvgIpc) is 2.33. The van der Waals surface area contributed by atoms with Gasteiger partial charge in [-0.05, 0) is 18.6 Å². The van der Waals surface area contributed by atoms with Gasteiger partial charge in [0.15, 0.2) is 0 Å². The fraction of sp³-hybridized carbons (Fsp3) is 0.385. The molecule has 1 aliphatic rings. The number of aryl methyl sites for hydroxylation is 1. The van der Waals surface area contributed by atoms with Gasteiger partial charge in [0.25, 0.3) is 0 Å². The number of amides is 1. The predicted octanol–water partition coefficient (Wildman–Crippen LogP) is 2.16. The van der Waals surface area contributed by atoms with Crippen molar-refractivity contribution < 1.29 is 14.3 Å². The Bertz CT molecular complexity index is 432. The maximum absolute atomic E-state index is 11.8. The lowest BCUT2D eigenvalue weighted by atomic mass is 10.1. The van der Waals surface area contributed by atoms with Gasteiger partial charge in [0, 0.05) is 25.9 Å². The van der Waals surface area contributed by atoms with Crippen molar-refractivity contribution in [2.45, 2.75) is 19.8 Å². The van der Waals surface area contributed by atoms with E-state index in [2.05, 4.69) is 0 Å². The Hall–Kier alpha value is -1.84. The number of carbonyl (C=O) groups is 2. The summed E-state index contributed by atoms with van der Waals surface area (Å²) in [6.07, 6.45) is 0.498. The van der Waals surface area contributed by atoms with Crippen LogP contribution in [-0.4, -0.2) is 29.9 Å². The molecule has 4 nitrogen and oxygen atoms in total. The Labute approximate surface area is 100 Å². The third kappa shape index (κ3) is 2.84. The second kappa shape index (κ2) is 4.99. The van der Waals surface area contributed by atoms with E-state index in [1.165, 1.54) is 0 Å². The number of benzene rings is 1. The van der Waals surface area contributed by atoms with Crippen molar-refractivity contribution in [3.05, 3.63) is 29.8 Å². The van der Waals surface area contributed by atoms with Gasteiger partial charge in [0.2, 0.25) is 0 Å². The van der Waals surface area contributed by atoms with Crippen LogP contribution in [0.5, 0.6) is 5.75 Å². The fourth-order valence-corrected chi connectivity index (χ4v) is 1.77. The average molecular weight is 233 g/mol. The molecule has 4 heteroatoms. The van der Waals surface area contributed by atoms with Gasteiger partial charge < -0.3 is 9.64 Å². The number of hydrogen-bond donors (Lipinski definition) is 0. The summed E-state index contributed by atoms with van der Waals surface area (Å²) < 4.78 is 5.30. The lowest BCUT2D eigenvalue weighted by Gasteiger charge is -2.25. The second-order valence-corrected chi connectivity index (χ2v) is 4.16. The highest BCUT2D eigenvalue weighted by molar-refractivity contribution is 5.82.